The van der Waals surface area contributed by atoms with Gasteiger partial charge in [0.25, 0.3) is 5.91 Å². The molecule has 0 saturated heterocycles. The van der Waals surface area contributed by atoms with Crippen molar-refractivity contribution in [2.45, 2.75) is 51.4 Å². The Balaban J connectivity index is 1.77. The summed E-state index contributed by atoms with van der Waals surface area (Å²) >= 11 is 1.54. The predicted octanol–water partition coefficient (Wildman–Crippen LogP) is 3.56. The zero-order chi connectivity index (χ0) is 14.8. The van der Waals surface area contributed by atoms with E-state index in [-0.39, 0.29) is 5.91 Å². The summed E-state index contributed by atoms with van der Waals surface area (Å²) in [6, 6.07) is 0. The third-order valence-electron chi connectivity index (χ3n) is 4.54. The van der Waals surface area contributed by atoms with Crippen LogP contribution in [0, 0.1) is 5.92 Å². The molecule has 2 aliphatic rings. The highest BCUT2D eigenvalue weighted by molar-refractivity contribution is 7.18. The number of hydrogen-bond donors (Lipinski definition) is 3. The normalized spacial score (nSPS) is 18.9. The molecule has 4 nitrogen and oxygen atoms in total. The van der Waals surface area contributed by atoms with Crippen molar-refractivity contribution in [2.24, 2.45) is 5.92 Å². The fourth-order valence-corrected chi connectivity index (χ4v) is 4.36. The van der Waals surface area contributed by atoms with Gasteiger partial charge in [-0.3, -0.25) is 4.79 Å². The van der Waals surface area contributed by atoms with Crippen molar-refractivity contribution in [2.75, 3.05) is 24.1 Å². The van der Waals surface area contributed by atoms with Crippen LogP contribution in [0.4, 0.5) is 10.7 Å². The van der Waals surface area contributed by atoms with E-state index in [1.165, 1.54) is 55.4 Å². The predicted molar refractivity (Wildman–Crippen MR) is 89.2 cm³/mol. The van der Waals surface area contributed by atoms with Gasteiger partial charge in [-0.2, -0.15) is 0 Å². The van der Waals surface area contributed by atoms with Crippen LogP contribution in [0.25, 0.3) is 0 Å². The van der Waals surface area contributed by atoms with E-state index >= 15 is 0 Å². The fraction of sp³-hybridized carbons (Fsp3) is 0.688. The van der Waals surface area contributed by atoms with Crippen LogP contribution in [-0.2, 0) is 0 Å². The Hall–Kier alpha value is -1.23. The lowest BCUT2D eigenvalue weighted by Crippen LogP contribution is -2.22. The second-order valence-electron chi connectivity index (χ2n) is 6.25. The van der Waals surface area contributed by atoms with Gasteiger partial charge < -0.3 is 16.4 Å². The van der Waals surface area contributed by atoms with E-state index < -0.39 is 0 Å². The molecule has 116 valence electrons. The molecule has 1 heterocycles. The van der Waals surface area contributed by atoms with Gasteiger partial charge in [0, 0.05) is 18.7 Å². The summed E-state index contributed by atoms with van der Waals surface area (Å²) in [4.78, 5) is 12.8. The number of amides is 1. The van der Waals surface area contributed by atoms with Crippen LogP contribution in [0.2, 0.25) is 0 Å². The second-order valence-corrected chi connectivity index (χ2v) is 7.27. The van der Waals surface area contributed by atoms with Gasteiger partial charge in [-0.1, -0.05) is 12.8 Å². The number of nitrogens with two attached hydrogens (primary N) is 1. The van der Waals surface area contributed by atoms with Gasteiger partial charge in [-0.15, -0.1) is 11.3 Å². The maximum Gasteiger partial charge on any atom is 0.263 e. The van der Waals surface area contributed by atoms with E-state index in [1.807, 2.05) is 6.92 Å². The van der Waals surface area contributed by atoms with Crippen molar-refractivity contribution in [3.05, 3.63) is 10.4 Å². The lowest BCUT2D eigenvalue weighted by atomic mass is 10.1. The first-order valence-corrected chi connectivity index (χ1v) is 8.96. The molecule has 0 aromatic carbocycles. The molecule has 21 heavy (non-hydrogen) atoms. The van der Waals surface area contributed by atoms with Crippen LogP contribution in [-0.4, -0.2) is 19.0 Å². The number of thiophene rings is 1. The quantitative estimate of drug-likeness (QED) is 0.753. The standard InChI is InChI=1S/C16H25N3OS/c1-2-18-15(20)14-13(17)12(11-7-8-11)16(21-14)19-9-10-5-3-4-6-10/h10-11,19H,2-9,17H2,1H3,(H,18,20). The minimum Gasteiger partial charge on any atom is -0.397 e. The summed E-state index contributed by atoms with van der Waals surface area (Å²) < 4.78 is 0. The summed E-state index contributed by atoms with van der Waals surface area (Å²) in [6.45, 7) is 3.59. The van der Waals surface area contributed by atoms with Crippen LogP contribution in [0.1, 0.15) is 66.6 Å². The number of carbonyl (C=O) groups excluding carboxylic acids is 1. The average molecular weight is 307 g/mol. The van der Waals surface area contributed by atoms with Gasteiger partial charge in [0.15, 0.2) is 0 Å². The average Bonchev–Trinajstić information content (AvgIpc) is 3.05. The third kappa shape index (κ3) is 3.18. The number of anilines is 2. The largest absolute Gasteiger partial charge is 0.397 e. The van der Waals surface area contributed by atoms with E-state index in [1.54, 1.807) is 0 Å². The fourth-order valence-electron chi connectivity index (χ4n) is 3.23. The summed E-state index contributed by atoms with van der Waals surface area (Å²) in [6.07, 6.45) is 7.78. The second kappa shape index (κ2) is 6.26. The summed E-state index contributed by atoms with van der Waals surface area (Å²) in [7, 11) is 0. The van der Waals surface area contributed by atoms with E-state index in [0.29, 0.717) is 23.0 Å². The number of carbonyl (C=O) groups is 1. The summed E-state index contributed by atoms with van der Waals surface area (Å²) in [5.74, 6) is 1.32. The Morgan fingerprint density at radius 1 is 1.29 bits per heavy atom. The minimum absolute atomic E-state index is 0.0317. The maximum atomic E-state index is 12.1. The zero-order valence-electron chi connectivity index (χ0n) is 12.7. The SMILES string of the molecule is CCNC(=O)c1sc(NCC2CCCC2)c(C2CC2)c1N. The Bertz CT molecular complexity index is 516. The first-order valence-electron chi connectivity index (χ1n) is 8.15. The van der Waals surface area contributed by atoms with Crippen molar-refractivity contribution in [3.8, 4) is 0 Å². The molecule has 2 fully saturated rings. The Labute approximate surface area is 130 Å². The van der Waals surface area contributed by atoms with Gasteiger partial charge in [-0.05, 0) is 44.4 Å². The highest BCUT2D eigenvalue weighted by Crippen LogP contribution is 2.50. The Morgan fingerprint density at radius 2 is 2.00 bits per heavy atom. The molecule has 0 aliphatic heterocycles. The lowest BCUT2D eigenvalue weighted by Gasteiger charge is -2.12. The number of nitrogens with one attached hydrogen (secondary N) is 2. The lowest BCUT2D eigenvalue weighted by molar-refractivity contribution is 0.0960. The number of nitrogen functional groups attached to an aromatic ring is 1. The number of hydrogen-bond acceptors (Lipinski definition) is 4. The van der Waals surface area contributed by atoms with E-state index in [9.17, 15) is 4.79 Å². The third-order valence-corrected chi connectivity index (χ3v) is 5.72. The Morgan fingerprint density at radius 3 is 2.62 bits per heavy atom. The number of rotatable bonds is 6. The first kappa shape index (κ1) is 14.7. The highest BCUT2D eigenvalue weighted by Gasteiger charge is 2.33. The smallest absolute Gasteiger partial charge is 0.263 e. The minimum atomic E-state index is -0.0317. The summed E-state index contributed by atoms with van der Waals surface area (Å²) in [5, 5.41) is 7.60. The molecule has 0 unspecified atom stereocenters. The first-order chi connectivity index (χ1) is 10.2. The molecule has 4 N–H and O–H groups in total. The highest BCUT2D eigenvalue weighted by atomic mass is 32.1. The molecule has 0 spiro atoms. The molecule has 2 aliphatic carbocycles. The maximum absolute atomic E-state index is 12.1. The van der Waals surface area contributed by atoms with Crippen LogP contribution in [0.15, 0.2) is 0 Å². The van der Waals surface area contributed by atoms with Crippen molar-refractivity contribution in [3.63, 3.8) is 0 Å². The monoisotopic (exact) mass is 307 g/mol. The molecule has 0 radical (unpaired) electrons. The Kier molecular flexibility index (Phi) is 4.38. The van der Waals surface area contributed by atoms with Crippen LogP contribution in [0.5, 0.6) is 0 Å². The van der Waals surface area contributed by atoms with Gasteiger partial charge in [0.1, 0.15) is 4.88 Å². The molecule has 5 heteroatoms. The molecule has 3 rings (SSSR count). The summed E-state index contributed by atoms with van der Waals surface area (Å²) in [5.41, 5.74) is 8.19. The molecule has 0 atom stereocenters. The van der Waals surface area contributed by atoms with Crippen LogP contribution in [0.3, 0.4) is 0 Å². The van der Waals surface area contributed by atoms with E-state index in [4.69, 9.17) is 5.73 Å². The molecular weight excluding hydrogens is 282 g/mol. The molecule has 2 saturated carbocycles. The van der Waals surface area contributed by atoms with Gasteiger partial charge in [0.2, 0.25) is 0 Å². The van der Waals surface area contributed by atoms with Gasteiger partial charge >= 0.3 is 0 Å². The molecule has 1 amide bonds. The van der Waals surface area contributed by atoms with Crippen molar-refractivity contribution < 1.29 is 4.79 Å². The molecule has 1 aromatic heterocycles. The topological polar surface area (TPSA) is 67.2 Å². The van der Waals surface area contributed by atoms with Crippen LogP contribution >= 0.6 is 11.3 Å². The van der Waals surface area contributed by atoms with Crippen molar-refractivity contribution in [1.82, 2.24) is 5.32 Å². The van der Waals surface area contributed by atoms with Crippen molar-refractivity contribution >= 4 is 27.9 Å². The van der Waals surface area contributed by atoms with E-state index in [0.717, 1.165) is 17.5 Å². The molecule has 1 aromatic rings. The van der Waals surface area contributed by atoms with Gasteiger partial charge in [0.05, 0.1) is 10.7 Å². The molecule has 0 bridgehead atoms. The zero-order valence-corrected chi connectivity index (χ0v) is 13.5. The van der Waals surface area contributed by atoms with Crippen LogP contribution < -0.4 is 16.4 Å². The van der Waals surface area contributed by atoms with Crippen molar-refractivity contribution in [1.29, 1.82) is 0 Å². The van der Waals surface area contributed by atoms with E-state index in [2.05, 4.69) is 10.6 Å². The van der Waals surface area contributed by atoms with Gasteiger partial charge in [-0.25, -0.2) is 0 Å². The molecular formula is C16H25N3OS.